The van der Waals surface area contributed by atoms with Crippen LogP contribution in [0.5, 0.6) is 0 Å². The number of halogens is 3. The summed E-state index contributed by atoms with van der Waals surface area (Å²) in [4.78, 5) is 0. The molecule has 0 spiro atoms. The summed E-state index contributed by atoms with van der Waals surface area (Å²) < 4.78 is 0. The molecule has 0 aromatic heterocycles. The van der Waals surface area contributed by atoms with Crippen LogP contribution in [0.15, 0.2) is 12.7 Å². The molecule has 0 unspecified atom stereocenters. The summed E-state index contributed by atoms with van der Waals surface area (Å²) in [5.74, 6) is 0. The van der Waals surface area contributed by atoms with Crippen LogP contribution >= 0.6 is 27.9 Å². The van der Waals surface area contributed by atoms with Crippen molar-refractivity contribution in [3.63, 3.8) is 0 Å². The quantitative estimate of drug-likeness (QED) is 0.436. The molecule has 5 heteroatoms. The van der Waals surface area contributed by atoms with E-state index in [0.717, 1.165) is 0 Å². The molecule has 0 aromatic rings. The van der Waals surface area contributed by atoms with E-state index in [-0.39, 0.29) is 17.4 Å². The fourth-order valence-corrected chi connectivity index (χ4v) is 0. The summed E-state index contributed by atoms with van der Waals surface area (Å²) in [6, 6.07) is 0. The van der Waals surface area contributed by atoms with Crippen molar-refractivity contribution in [3.05, 3.63) is 19.6 Å². The Morgan fingerprint density at radius 2 is 1.38 bits per heavy atom. The fraction of sp³-hybridized carbons (Fsp3) is 0. The van der Waals surface area contributed by atoms with Crippen LogP contribution in [-0.4, -0.2) is 17.4 Å². The van der Waals surface area contributed by atoms with E-state index in [0.29, 0.717) is 0 Å². The van der Waals surface area contributed by atoms with Gasteiger partial charge in [0, 0.05) is 0 Å². The third kappa shape index (κ3) is 117. The monoisotopic (exact) mass is 224 g/mol. The van der Waals surface area contributed by atoms with Gasteiger partial charge in [-0.1, -0.05) is 0 Å². The molecule has 0 saturated carbocycles. The van der Waals surface area contributed by atoms with Gasteiger partial charge < -0.3 is 0 Å². The second-order valence-corrected chi connectivity index (χ2v) is 8.24. The van der Waals surface area contributed by atoms with Crippen LogP contribution in [0.1, 0.15) is 0 Å². The SMILES string of the molecule is C=C[CH2-].[AlH3].[Cl][Ti+]([Cl])[Cl]. The van der Waals surface area contributed by atoms with E-state index in [1.165, 1.54) is 6.08 Å². The first kappa shape index (κ1) is 16.4. The first-order valence-corrected chi connectivity index (χ1v) is 7.83. The number of rotatable bonds is 0. The van der Waals surface area contributed by atoms with Gasteiger partial charge in [0.25, 0.3) is 0 Å². The number of hydrogen-bond acceptors (Lipinski definition) is 0. The Balaban J connectivity index is -0.0000000575. The van der Waals surface area contributed by atoms with E-state index in [9.17, 15) is 0 Å². The molecule has 8 heavy (non-hydrogen) atoms. The second kappa shape index (κ2) is 15.9. The van der Waals surface area contributed by atoms with Crippen LogP contribution in [-0.2, 0) is 14.7 Å². The van der Waals surface area contributed by atoms with Gasteiger partial charge in [-0.25, -0.2) is 19.6 Å². The van der Waals surface area contributed by atoms with Gasteiger partial charge in [-0.15, -0.1) is 0 Å². The molecule has 0 aliphatic rings. The normalized spacial score (nSPS) is 4.88. The maximum absolute atomic E-state index is 4.97. The molecule has 0 aromatic carbocycles. The summed E-state index contributed by atoms with van der Waals surface area (Å²) in [5, 5.41) is 0. The van der Waals surface area contributed by atoms with Gasteiger partial charge >= 0.3 is 42.6 Å². The van der Waals surface area contributed by atoms with E-state index in [4.69, 9.17) is 27.9 Å². The third-order valence-corrected chi connectivity index (χ3v) is 0. The van der Waals surface area contributed by atoms with Crippen molar-refractivity contribution in [1.82, 2.24) is 0 Å². The van der Waals surface area contributed by atoms with Gasteiger partial charge in [0.15, 0.2) is 17.4 Å². The van der Waals surface area contributed by atoms with Crippen molar-refractivity contribution in [2.45, 2.75) is 0 Å². The standard InChI is InChI=1S/C3H5.Al.3ClH.Ti.3H/c1-3-2;;;;;;;;/h3H,1-2H2;;3*1H;;;;/q-1;;;;;+4;;;/p-3. The number of hydrogen-bond donors (Lipinski definition) is 0. The van der Waals surface area contributed by atoms with Crippen LogP contribution in [0.3, 0.4) is 0 Å². The van der Waals surface area contributed by atoms with Crippen LogP contribution in [0.4, 0.5) is 0 Å². The van der Waals surface area contributed by atoms with Gasteiger partial charge in [-0.05, 0) is 0 Å². The molecule has 0 heterocycles. The third-order valence-electron chi connectivity index (χ3n) is 0. The maximum atomic E-state index is 4.97. The Morgan fingerprint density at radius 3 is 1.38 bits per heavy atom. The Kier molecular flexibility index (Phi) is 32.5. The van der Waals surface area contributed by atoms with Crippen molar-refractivity contribution in [2.24, 2.45) is 0 Å². The molecule has 48 valence electrons. The molecule has 0 amide bonds. The van der Waals surface area contributed by atoms with Crippen LogP contribution in [0.25, 0.3) is 0 Å². The van der Waals surface area contributed by atoms with Crippen LogP contribution in [0.2, 0.25) is 0 Å². The molecule has 0 N–H and O–H groups in total. The molecule has 0 bridgehead atoms. The number of allylic oxidation sites excluding steroid dienone is 1. The van der Waals surface area contributed by atoms with Gasteiger partial charge in [0.1, 0.15) is 0 Å². The Labute approximate surface area is 78.8 Å². The zero-order chi connectivity index (χ0) is 6.28. The molecular weight excluding hydrogens is 217 g/mol. The zero-order valence-electron chi connectivity index (χ0n) is 3.63. The molecule has 0 atom stereocenters. The molecule has 0 radical (unpaired) electrons. The summed E-state index contributed by atoms with van der Waals surface area (Å²) >= 11 is -1.92. The minimum absolute atomic E-state index is 0. The van der Waals surface area contributed by atoms with E-state index < -0.39 is 14.7 Å². The van der Waals surface area contributed by atoms with Gasteiger partial charge in [0.2, 0.25) is 0 Å². The van der Waals surface area contributed by atoms with Crippen LogP contribution in [0, 0.1) is 6.92 Å². The summed E-state index contributed by atoms with van der Waals surface area (Å²) in [7, 11) is 14.9. The Morgan fingerprint density at radius 1 is 1.38 bits per heavy atom. The average Bonchev–Trinajstić information content (AvgIpc) is 1.33. The topological polar surface area (TPSA) is 0 Å². The predicted molar refractivity (Wildman–Crippen MR) is 43.1 cm³/mol. The Bertz CT molecular complexity index is 38.8. The summed E-state index contributed by atoms with van der Waals surface area (Å²) in [6.07, 6.45) is 1.50. The predicted octanol–water partition coefficient (Wildman–Crippen LogP) is 1.89. The molecule has 0 nitrogen and oxygen atoms in total. The molecule has 0 saturated heterocycles. The van der Waals surface area contributed by atoms with Crippen molar-refractivity contribution in [1.29, 1.82) is 0 Å². The van der Waals surface area contributed by atoms with E-state index in [2.05, 4.69) is 13.5 Å². The summed E-state index contributed by atoms with van der Waals surface area (Å²) in [6.45, 7) is 6.50. The fourth-order valence-electron chi connectivity index (χ4n) is 0. The summed E-state index contributed by atoms with van der Waals surface area (Å²) in [5.41, 5.74) is 0. The molecule has 0 fully saturated rings. The van der Waals surface area contributed by atoms with Crippen molar-refractivity contribution >= 4 is 45.3 Å². The van der Waals surface area contributed by atoms with E-state index in [1.807, 2.05) is 0 Å². The Hall–Kier alpha value is 1.73. The minimum atomic E-state index is -1.92. The molecule has 0 aliphatic carbocycles. The van der Waals surface area contributed by atoms with Gasteiger partial charge in [-0.3, -0.25) is 0 Å². The average molecular weight is 225 g/mol. The molecule has 0 rings (SSSR count). The van der Waals surface area contributed by atoms with Crippen molar-refractivity contribution in [3.8, 4) is 0 Å². The van der Waals surface area contributed by atoms with Crippen LogP contribution < -0.4 is 0 Å². The molecule has 0 aliphatic heterocycles. The second-order valence-electron chi connectivity index (χ2n) is 0.503. The van der Waals surface area contributed by atoms with Gasteiger partial charge in [0.05, 0.1) is 0 Å². The van der Waals surface area contributed by atoms with Crippen molar-refractivity contribution < 1.29 is 14.7 Å². The first-order chi connectivity index (χ1) is 3.15. The van der Waals surface area contributed by atoms with E-state index in [1.54, 1.807) is 0 Å². The zero-order valence-corrected chi connectivity index (χ0v) is 7.45. The first-order valence-electron chi connectivity index (χ1n) is 1.38. The van der Waals surface area contributed by atoms with Crippen molar-refractivity contribution in [2.75, 3.05) is 0 Å². The van der Waals surface area contributed by atoms with E-state index >= 15 is 0 Å². The molecular formula is C3H8AlCl3Ti. The van der Waals surface area contributed by atoms with Gasteiger partial charge in [-0.2, -0.15) is 0 Å².